The number of ether oxygens (including phenoxy) is 2. The van der Waals surface area contributed by atoms with E-state index in [-0.39, 0.29) is 35.9 Å². The Balaban J connectivity index is 0.944. The Morgan fingerprint density at radius 2 is 1.50 bits per heavy atom. The molecule has 0 radical (unpaired) electrons. The summed E-state index contributed by atoms with van der Waals surface area (Å²) < 4.78 is 15.5. The third kappa shape index (κ3) is 9.04. The number of rotatable bonds is 10. The Kier molecular flexibility index (Phi) is 14.3. The average Bonchev–Trinajstić information content (AvgIpc) is 0.959. The van der Waals surface area contributed by atoms with Gasteiger partial charge in [-0.3, -0.25) is 0 Å². The van der Waals surface area contributed by atoms with Gasteiger partial charge in [-0.1, -0.05) is 163 Å². The van der Waals surface area contributed by atoms with Gasteiger partial charge in [0.25, 0.3) is 0 Å². The van der Waals surface area contributed by atoms with Crippen molar-refractivity contribution in [3.8, 4) is 0 Å². The molecule has 9 aliphatic carbocycles. The first-order valence-corrected chi connectivity index (χ1v) is 34.8. The summed E-state index contributed by atoms with van der Waals surface area (Å²) in [6.07, 6.45) is 58.4. The van der Waals surface area contributed by atoms with Crippen LogP contribution in [0.3, 0.4) is 0 Å². The SMILES string of the molecule is C=PC1=CCCC(c2ccccc2)C1N1c2cc(N(c3ccccc3)C3CCCCC3C)cc3c2B(C2=C(C(C)CCC2)N3C2=CCCC=C2)C2CC3B4C5=C(C=CCC5)OC5CC(N(C6=CC=CCC6)C6CCCCC6)=CC(OC3=CC21)C45. The molecule has 3 aromatic rings. The minimum atomic E-state index is -0.0536. The van der Waals surface area contributed by atoms with Crippen molar-refractivity contribution in [2.75, 3.05) is 14.7 Å². The lowest BCUT2D eigenvalue weighted by Gasteiger charge is -2.60. The molecular formula is C75H87B2N4O2P. The molecule has 2 saturated carbocycles. The molecule has 0 amide bonds. The number of para-hydroxylation sites is 1. The quantitative estimate of drug-likeness (QED) is 0.149. The number of nitrogens with zero attached hydrogens (tertiary/aromatic N) is 4. The van der Waals surface area contributed by atoms with Crippen LogP contribution in [0.4, 0.5) is 22.7 Å². The number of allylic oxidation sites excluding steroid dienone is 14. The molecule has 16 rings (SSSR count). The molecule has 0 N–H and O–H groups in total. The van der Waals surface area contributed by atoms with Gasteiger partial charge >= 0.3 is 0 Å². The van der Waals surface area contributed by atoms with Gasteiger partial charge in [-0.25, -0.2) is 0 Å². The molecular weight excluding hydrogens is 1040 g/mol. The number of anilines is 4. The highest BCUT2D eigenvalue weighted by Crippen LogP contribution is 2.62. The van der Waals surface area contributed by atoms with E-state index >= 15 is 0 Å². The molecule has 4 heterocycles. The zero-order valence-corrected chi connectivity index (χ0v) is 51.1. The second-order valence-electron chi connectivity index (χ2n) is 27.7. The number of hydrogen-bond acceptors (Lipinski definition) is 6. The maximum absolute atomic E-state index is 8.05. The molecule has 11 atom stereocenters. The van der Waals surface area contributed by atoms with E-state index in [1.54, 1.807) is 22.1 Å². The smallest absolute Gasteiger partial charge is 0.217 e. The number of hydrogen-bond donors (Lipinski definition) is 0. The fourth-order valence-corrected chi connectivity index (χ4v) is 20.4. The molecule has 1 saturated heterocycles. The Morgan fingerprint density at radius 1 is 0.690 bits per heavy atom. The van der Waals surface area contributed by atoms with Gasteiger partial charge in [-0.15, -0.1) is 0 Å². The van der Waals surface area contributed by atoms with Gasteiger partial charge in [0.2, 0.25) is 6.71 Å². The van der Waals surface area contributed by atoms with E-state index < -0.39 is 0 Å². The van der Waals surface area contributed by atoms with Crippen LogP contribution < -0.4 is 20.2 Å². The van der Waals surface area contributed by atoms with Crippen LogP contribution in [0.5, 0.6) is 0 Å². The highest BCUT2D eigenvalue weighted by atomic mass is 31.1. The van der Waals surface area contributed by atoms with Crippen molar-refractivity contribution in [2.24, 2.45) is 11.8 Å². The first-order valence-electron chi connectivity index (χ1n) is 33.7. The highest BCUT2D eigenvalue weighted by Gasteiger charge is 2.62. The standard InChI is InChI=1S/C75H87B2N4O2P/c1-49-25-19-21-40-63(49)79(54-33-15-7-16-34-54)56-43-65-72-66(44-56)81(75-58(37-24-42-71(75)84-3)51-27-9-4-10-28-51)64-48-68-62(47-61(64)77(72)60-39-23-26-50(2)74(60)80(65)55-35-17-8-18-36-55)76-59-38-20-22-41-67(59)82-69-45-57(46-70(83-68)73(69)76)78(52-29-11-5-12-30-52)53-31-13-6-14-32-53/h4-5,7,9-11,15-17,22,27-29,33-36,41-44,46,48-50,53,58,61-64,69-70,73,75H,3,6,8,12-14,18-21,23-26,30-32,37-40,45,47H2,1-2H3. The Labute approximate surface area is 504 Å². The van der Waals surface area contributed by atoms with Gasteiger partial charge in [-0.05, 0) is 191 Å². The summed E-state index contributed by atoms with van der Waals surface area (Å²) in [5.74, 6) is 4.69. The van der Waals surface area contributed by atoms with E-state index in [4.69, 9.17) is 15.8 Å². The van der Waals surface area contributed by atoms with E-state index in [1.165, 1.54) is 133 Å². The Hall–Kier alpha value is -5.84. The van der Waals surface area contributed by atoms with Crippen molar-refractivity contribution >= 4 is 56.1 Å². The Bertz CT molecular complexity index is 3400. The molecule has 9 heteroatoms. The fourth-order valence-electron chi connectivity index (χ4n) is 19.6. The lowest BCUT2D eigenvalue weighted by molar-refractivity contribution is 0.0200. The maximum Gasteiger partial charge on any atom is 0.217 e. The largest absolute Gasteiger partial charge is 0.492 e. The maximum atomic E-state index is 8.05. The van der Waals surface area contributed by atoms with Gasteiger partial charge in [-0.2, -0.15) is 0 Å². The second-order valence-corrected chi connectivity index (χ2v) is 28.5. The van der Waals surface area contributed by atoms with Crippen LogP contribution >= 0.6 is 8.20 Å². The summed E-state index contributed by atoms with van der Waals surface area (Å²) >= 11 is 0. The normalized spacial score (nSPS) is 32.3. The number of benzene rings is 3. The van der Waals surface area contributed by atoms with E-state index in [1.807, 2.05) is 0 Å². The van der Waals surface area contributed by atoms with Crippen LogP contribution in [0, 0.1) is 11.8 Å². The summed E-state index contributed by atoms with van der Waals surface area (Å²) in [5.41, 5.74) is 17.8. The molecule has 430 valence electrons. The lowest BCUT2D eigenvalue weighted by atomic mass is 9.20. The molecule has 3 aromatic carbocycles. The van der Waals surface area contributed by atoms with E-state index in [0.29, 0.717) is 49.1 Å². The van der Waals surface area contributed by atoms with Crippen molar-refractivity contribution in [3.63, 3.8) is 0 Å². The Morgan fingerprint density at radius 3 is 2.31 bits per heavy atom. The lowest BCUT2D eigenvalue weighted by Crippen LogP contribution is -2.64. The molecule has 3 fully saturated rings. The zero-order chi connectivity index (χ0) is 56.0. The van der Waals surface area contributed by atoms with E-state index in [9.17, 15) is 0 Å². The average molecular weight is 1130 g/mol. The summed E-state index contributed by atoms with van der Waals surface area (Å²) in [4.78, 5) is 11.6. The number of fused-ring (bicyclic) bond motifs is 6. The zero-order valence-electron chi connectivity index (χ0n) is 50.2. The van der Waals surface area contributed by atoms with Crippen molar-refractivity contribution in [1.82, 2.24) is 4.90 Å². The van der Waals surface area contributed by atoms with Gasteiger partial charge in [0.05, 0.1) is 11.8 Å². The van der Waals surface area contributed by atoms with E-state index in [2.05, 4.69) is 173 Å². The molecule has 4 aliphatic heterocycles. The summed E-state index contributed by atoms with van der Waals surface area (Å²) in [5, 5.41) is 1.47. The van der Waals surface area contributed by atoms with Crippen LogP contribution in [-0.4, -0.2) is 61.0 Å². The van der Waals surface area contributed by atoms with Crippen LogP contribution in [0.15, 0.2) is 190 Å². The molecule has 11 unspecified atom stereocenters. The third-order valence-corrected chi connectivity index (χ3v) is 23.9. The van der Waals surface area contributed by atoms with Crippen LogP contribution in [-0.2, 0) is 9.47 Å². The monoisotopic (exact) mass is 1130 g/mol. The van der Waals surface area contributed by atoms with Crippen LogP contribution in [0.2, 0.25) is 17.5 Å². The summed E-state index contributed by atoms with van der Waals surface area (Å²) in [6.45, 7) is 5.79. The van der Waals surface area contributed by atoms with Crippen LogP contribution in [0.1, 0.15) is 167 Å². The van der Waals surface area contributed by atoms with Gasteiger partial charge in [0.1, 0.15) is 18.0 Å². The predicted molar refractivity (Wildman–Crippen MR) is 354 cm³/mol. The molecule has 84 heavy (non-hydrogen) atoms. The van der Waals surface area contributed by atoms with Gasteiger partial charge < -0.3 is 29.1 Å². The molecule has 0 bridgehead atoms. The summed E-state index contributed by atoms with van der Waals surface area (Å²) in [7, 11) is 1.12. The van der Waals surface area contributed by atoms with Gasteiger partial charge in [0.15, 0.2) is 6.71 Å². The fraction of sp³-hybridized carbons (Fsp3) is 0.480. The third-order valence-electron chi connectivity index (χ3n) is 23.1. The predicted octanol–water partition coefficient (Wildman–Crippen LogP) is 18.2. The summed E-state index contributed by atoms with van der Waals surface area (Å²) in [6, 6.07) is 29.9. The van der Waals surface area contributed by atoms with Crippen molar-refractivity contribution < 1.29 is 9.47 Å². The van der Waals surface area contributed by atoms with Crippen molar-refractivity contribution in [1.29, 1.82) is 0 Å². The molecule has 0 aromatic heterocycles. The van der Waals surface area contributed by atoms with Gasteiger partial charge in [0, 0.05) is 81.8 Å². The minimum Gasteiger partial charge on any atom is -0.492 e. The van der Waals surface area contributed by atoms with E-state index in [0.717, 1.165) is 78.8 Å². The van der Waals surface area contributed by atoms with Crippen molar-refractivity contribution in [3.05, 3.63) is 196 Å². The minimum absolute atomic E-state index is 0.0536. The molecule has 0 spiro atoms. The second kappa shape index (κ2) is 22.5. The first-order chi connectivity index (χ1) is 41.5. The van der Waals surface area contributed by atoms with Crippen molar-refractivity contribution in [2.45, 2.75) is 215 Å². The first kappa shape index (κ1) is 53.6. The highest BCUT2D eigenvalue weighted by molar-refractivity contribution is 7.41. The topological polar surface area (TPSA) is 31.4 Å². The molecule has 6 nitrogen and oxygen atoms in total. The molecule has 13 aliphatic rings. The van der Waals surface area contributed by atoms with Crippen LogP contribution in [0.25, 0.3) is 0 Å².